The summed E-state index contributed by atoms with van der Waals surface area (Å²) in [5, 5.41) is 0. The molecule has 0 aliphatic carbocycles. The van der Waals surface area contributed by atoms with Crippen LogP contribution in [0, 0.1) is 0 Å². The summed E-state index contributed by atoms with van der Waals surface area (Å²) in [6.07, 6.45) is 71.4. The highest BCUT2D eigenvalue weighted by Crippen LogP contribution is 2.17. The number of rotatable bonds is 57. The SMILES string of the molecule is CCCC/C=C\C/C=C\CCCCCCCC(=O)OCC(COC(=O)CCCCCCCCCCC/C=C\CCCCCCCCCC)OC(=O)CCCCCCCCCCCCCCCCCCC. The fourth-order valence-electron chi connectivity index (χ4n) is 9.16. The molecular formula is C64H118O6. The predicted octanol–water partition coefficient (Wildman–Crippen LogP) is 20.8. The van der Waals surface area contributed by atoms with E-state index in [1.54, 1.807) is 0 Å². The second-order valence-corrected chi connectivity index (χ2v) is 21.0. The van der Waals surface area contributed by atoms with Crippen LogP contribution in [0.3, 0.4) is 0 Å². The summed E-state index contributed by atoms with van der Waals surface area (Å²) in [6.45, 7) is 6.64. The Morgan fingerprint density at radius 2 is 0.529 bits per heavy atom. The third kappa shape index (κ3) is 56.5. The Kier molecular flexibility index (Phi) is 57.2. The van der Waals surface area contributed by atoms with Crippen LogP contribution >= 0.6 is 0 Å². The van der Waals surface area contributed by atoms with E-state index in [4.69, 9.17) is 14.2 Å². The Bertz CT molecular complexity index is 1170. The van der Waals surface area contributed by atoms with Crippen molar-refractivity contribution >= 4 is 17.9 Å². The minimum Gasteiger partial charge on any atom is -0.462 e. The molecule has 0 aromatic heterocycles. The van der Waals surface area contributed by atoms with Crippen molar-refractivity contribution in [1.29, 1.82) is 0 Å². The van der Waals surface area contributed by atoms with Gasteiger partial charge in [0.15, 0.2) is 6.10 Å². The molecule has 0 aromatic rings. The zero-order valence-electron chi connectivity index (χ0n) is 47.1. The molecule has 0 fully saturated rings. The molecule has 0 saturated carbocycles. The number of hydrogen-bond donors (Lipinski definition) is 0. The molecule has 0 radical (unpaired) electrons. The average Bonchev–Trinajstić information content (AvgIpc) is 3.36. The molecular weight excluding hydrogens is 865 g/mol. The lowest BCUT2D eigenvalue weighted by molar-refractivity contribution is -0.167. The van der Waals surface area contributed by atoms with Crippen molar-refractivity contribution in [2.45, 2.75) is 341 Å². The smallest absolute Gasteiger partial charge is 0.306 e. The molecule has 1 atom stereocenters. The molecule has 0 spiro atoms. The summed E-state index contributed by atoms with van der Waals surface area (Å²) in [5.74, 6) is -0.869. The number of carbonyl (C=O) groups excluding carboxylic acids is 3. The summed E-state index contributed by atoms with van der Waals surface area (Å²) < 4.78 is 16.9. The van der Waals surface area contributed by atoms with E-state index in [-0.39, 0.29) is 31.1 Å². The lowest BCUT2D eigenvalue weighted by atomic mass is 10.0. The Hall–Kier alpha value is -2.37. The molecule has 0 aliphatic heterocycles. The van der Waals surface area contributed by atoms with Crippen LogP contribution in [0.15, 0.2) is 36.5 Å². The van der Waals surface area contributed by atoms with Crippen LogP contribution in [0.4, 0.5) is 0 Å². The van der Waals surface area contributed by atoms with Gasteiger partial charge >= 0.3 is 17.9 Å². The monoisotopic (exact) mass is 983 g/mol. The largest absolute Gasteiger partial charge is 0.462 e. The third-order valence-electron chi connectivity index (χ3n) is 13.9. The van der Waals surface area contributed by atoms with E-state index in [0.29, 0.717) is 19.3 Å². The Morgan fingerprint density at radius 3 is 0.843 bits per heavy atom. The number of allylic oxidation sites excluding steroid dienone is 6. The molecule has 6 heteroatoms. The van der Waals surface area contributed by atoms with E-state index in [0.717, 1.165) is 77.0 Å². The van der Waals surface area contributed by atoms with Gasteiger partial charge in [-0.3, -0.25) is 14.4 Å². The number of ether oxygens (including phenoxy) is 3. The van der Waals surface area contributed by atoms with Gasteiger partial charge in [-0.25, -0.2) is 0 Å². The highest BCUT2D eigenvalue weighted by Gasteiger charge is 2.19. The van der Waals surface area contributed by atoms with Gasteiger partial charge in [0.25, 0.3) is 0 Å². The fourth-order valence-corrected chi connectivity index (χ4v) is 9.16. The van der Waals surface area contributed by atoms with Crippen molar-refractivity contribution in [3.05, 3.63) is 36.5 Å². The van der Waals surface area contributed by atoms with Crippen molar-refractivity contribution in [3.63, 3.8) is 0 Å². The highest BCUT2D eigenvalue weighted by atomic mass is 16.6. The zero-order valence-corrected chi connectivity index (χ0v) is 47.1. The maximum atomic E-state index is 12.9. The van der Waals surface area contributed by atoms with Crippen LogP contribution in [-0.2, 0) is 28.6 Å². The molecule has 0 aliphatic rings. The second kappa shape index (κ2) is 59.2. The van der Waals surface area contributed by atoms with Crippen LogP contribution in [-0.4, -0.2) is 37.2 Å². The van der Waals surface area contributed by atoms with Crippen molar-refractivity contribution < 1.29 is 28.6 Å². The molecule has 410 valence electrons. The van der Waals surface area contributed by atoms with E-state index in [2.05, 4.69) is 57.2 Å². The van der Waals surface area contributed by atoms with E-state index in [9.17, 15) is 14.4 Å². The van der Waals surface area contributed by atoms with Crippen molar-refractivity contribution in [2.75, 3.05) is 13.2 Å². The quantitative estimate of drug-likeness (QED) is 0.0261. The summed E-state index contributed by atoms with van der Waals surface area (Å²) in [6, 6.07) is 0. The minimum atomic E-state index is -0.776. The minimum absolute atomic E-state index is 0.0739. The predicted molar refractivity (Wildman–Crippen MR) is 302 cm³/mol. The average molecular weight is 984 g/mol. The van der Waals surface area contributed by atoms with Crippen molar-refractivity contribution in [2.24, 2.45) is 0 Å². The summed E-state index contributed by atoms with van der Waals surface area (Å²) in [7, 11) is 0. The van der Waals surface area contributed by atoms with Crippen LogP contribution in [0.25, 0.3) is 0 Å². The second-order valence-electron chi connectivity index (χ2n) is 21.0. The van der Waals surface area contributed by atoms with E-state index in [1.165, 1.54) is 218 Å². The van der Waals surface area contributed by atoms with Crippen LogP contribution in [0.2, 0.25) is 0 Å². The fraction of sp³-hybridized carbons (Fsp3) is 0.859. The molecule has 0 aromatic carbocycles. The van der Waals surface area contributed by atoms with E-state index >= 15 is 0 Å². The summed E-state index contributed by atoms with van der Waals surface area (Å²) in [4.78, 5) is 38.2. The normalized spacial score (nSPS) is 12.2. The summed E-state index contributed by atoms with van der Waals surface area (Å²) >= 11 is 0. The first-order valence-electron chi connectivity index (χ1n) is 31.0. The lowest BCUT2D eigenvalue weighted by Gasteiger charge is -2.18. The summed E-state index contributed by atoms with van der Waals surface area (Å²) in [5.41, 5.74) is 0. The highest BCUT2D eigenvalue weighted by molar-refractivity contribution is 5.71. The molecule has 6 nitrogen and oxygen atoms in total. The van der Waals surface area contributed by atoms with Gasteiger partial charge in [-0.05, 0) is 70.6 Å². The van der Waals surface area contributed by atoms with Crippen molar-refractivity contribution in [3.8, 4) is 0 Å². The molecule has 0 amide bonds. The maximum Gasteiger partial charge on any atom is 0.306 e. The van der Waals surface area contributed by atoms with Gasteiger partial charge in [-0.15, -0.1) is 0 Å². The maximum absolute atomic E-state index is 12.9. The van der Waals surface area contributed by atoms with E-state index < -0.39 is 6.10 Å². The van der Waals surface area contributed by atoms with Crippen molar-refractivity contribution in [1.82, 2.24) is 0 Å². The van der Waals surface area contributed by atoms with Crippen LogP contribution in [0.5, 0.6) is 0 Å². The van der Waals surface area contributed by atoms with Gasteiger partial charge in [0, 0.05) is 19.3 Å². The van der Waals surface area contributed by atoms with Gasteiger partial charge in [-0.1, -0.05) is 282 Å². The molecule has 0 heterocycles. The first kappa shape index (κ1) is 67.6. The molecule has 0 N–H and O–H groups in total. The molecule has 0 rings (SSSR count). The standard InChI is InChI=1S/C64H118O6/c1-4-7-10-13-16-19-22-25-28-30-31-32-33-35-36-39-42-45-48-51-54-57-63(66)69-60-61(59-68-62(65)56-53-50-47-44-41-38-27-24-21-18-15-12-9-6-3)70-64(67)58-55-52-49-46-43-40-37-34-29-26-23-20-17-14-11-8-5-2/h15,18,24,27,30-31,61H,4-14,16-17,19-23,25-26,28-29,32-60H2,1-3H3/b18-15-,27-24-,31-30-. The van der Waals surface area contributed by atoms with Crippen LogP contribution in [0.1, 0.15) is 335 Å². The topological polar surface area (TPSA) is 78.9 Å². The van der Waals surface area contributed by atoms with Gasteiger partial charge in [-0.2, -0.15) is 0 Å². The Labute approximate surface area is 435 Å². The number of esters is 3. The zero-order chi connectivity index (χ0) is 50.7. The van der Waals surface area contributed by atoms with E-state index in [1.807, 2.05) is 0 Å². The molecule has 0 bridgehead atoms. The Morgan fingerprint density at radius 1 is 0.286 bits per heavy atom. The lowest BCUT2D eigenvalue weighted by Crippen LogP contribution is -2.30. The van der Waals surface area contributed by atoms with Gasteiger partial charge in [0.2, 0.25) is 0 Å². The number of unbranched alkanes of at least 4 members (excludes halogenated alkanes) is 40. The first-order valence-corrected chi connectivity index (χ1v) is 31.0. The number of carbonyl (C=O) groups is 3. The molecule has 70 heavy (non-hydrogen) atoms. The van der Waals surface area contributed by atoms with Gasteiger partial charge in [0.1, 0.15) is 13.2 Å². The Balaban J connectivity index is 4.31. The van der Waals surface area contributed by atoms with Gasteiger partial charge in [0.05, 0.1) is 0 Å². The first-order chi connectivity index (χ1) is 34.5. The molecule has 1 unspecified atom stereocenters. The van der Waals surface area contributed by atoms with Gasteiger partial charge < -0.3 is 14.2 Å². The molecule has 0 saturated heterocycles. The van der Waals surface area contributed by atoms with Crippen LogP contribution < -0.4 is 0 Å². The third-order valence-corrected chi connectivity index (χ3v) is 13.9. The number of hydrogen-bond acceptors (Lipinski definition) is 6.